The van der Waals surface area contributed by atoms with Crippen LogP contribution in [0.15, 0.2) is 41.7 Å². The first-order chi connectivity index (χ1) is 14.8. The van der Waals surface area contributed by atoms with Gasteiger partial charge in [0.25, 0.3) is 0 Å². The van der Waals surface area contributed by atoms with Gasteiger partial charge < -0.3 is 19.5 Å². The summed E-state index contributed by atoms with van der Waals surface area (Å²) in [4.78, 5) is 18.5. The van der Waals surface area contributed by atoms with Crippen molar-refractivity contribution < 1.29 is 17.9 Å². The highest BCUT2D eigenvalue weighted by molar-refractivity contribution is 7.90. The molecule has 1 atom stereocenters. The third kappa shape index (κ3) is 6.07. The molecule has 1 aromatic heterocycles. The molecular weight excluding hydrogens is 416 g/mol. The number of sulfone groups is 1. The van der Waals surface area contributed by atoms with Crippen LogP contribution in [0.3, 0.4) is 0 Å². The molecule has 0 saturated carbocycles. The molecule has 2 heterocycles. The molecule has 0 aliphatic carbocycles. The summed E-state index contributed by atoms with van der Waals surface area (Å²) in [7, 11) is -3.67. The van der Waals surface area contributed by atoms with E-state index < -0.39 is 9.84 Å². The zero-order valence-electron chi connectivity index (χ0n) is 18.5. The van der Waals surface area contributed by atoms with Crippen molar-refractivity contribution in [3.63, 3.8) is 0 Å². The highest BCUT2D eigenvalue weighted by Crippen LogP contribution is 2.22. The Balaban J connectivity index is 1.90. The lowest BCUT2D eigenvalue weighted by Gasteiger charge is -2.24. The van der Waals surface area contributed by atoms with Gasteiger partial charge >= 0.3 is 6.03 Å². The molecule has 31 heavy (non-hydrogen) atoms. The third-order valence-corrected chi connectivity index (χ3v) is 6.82. The second kappa shape index (κ2) is 10.3. The SMILES string of the molecule is CCN(Cc1cnc(S(=O)(=O)Cc2ccccc2)n1C[C@H]1CCCO1)C(=O)NC(C)C. The van der Waals surface area contributed by atoms with Crippen LogP contribution in [-0.2, 0) is 33.4 Å². The summed E-state index contributed by atoms with van der Waals surface area (Å²) in [6.07, 6.45) is 3.34. The third-order valence-electron chi connectivity index (χ3n) is 5.22. The van der Waals surface area contributed by atoms with Crippen molar-refractivity contribution in [1.82, 2.24) is 19.8 Å². The molecule has 3 rings (SSSR count). The lowest BCUT2D eigenvalue weighted by Crippen LogP contribution is -2.42. The highest BCUT2D eigenvalue weighted by Gasteiger charge is 2.28. The van der Waals surface area contributed by atoms with Crippen LogP contribution in [0.25, 0.3) is 0 Å². The number of aromatic nitrogens is 2. The van der Waals surface area contributed by atoms with Gasteiger partial charge in [0.2, 0.25) is 15.0 Å². The first kappa shape index (κ1) is 23.3. The number of nitrogens with zero attached hydrogens (tertiary/aromatic N) is 3. The van der Waals surface area contributed by atoms with E-state index in [4.69, 9.17) is 4.74 Å². The number of carbonyl (C=O) groups is 1. The highest BCUT2D eigenvalue weighted by atomic mass is 32.2. The van der Waals surface area contributed by atoms with Gasteiger partial charge in [-0.2, -0.15) is 0 Å². The number of nitrogens with one attached hydrogen (secondary N) is 1. The molecule has 1 aromatic carbocycles. The standard InChI is InChI=1S/C22H32N4O4S/c1-4-25(21(27)24-17(2)3)14-19-13-23-22(26(19)15-20-11-8-12-30-20)31(28,29)16-18-9-6-5-7-10-18/h5-7,9-10,13,17,20H,4,8,11-12,14-16H2,1-3H3,(H,24,27)/t20-/m1/s1. The van der Waals surface area contributed by atoms with E-state index in [2.05, 4.69) is 10.3 Å². The Morgan fingerprint density at radius 2 is 2.06 bits per heavy atom. The topological polar surface area (TPSA) is 93.5 Å². The number of imidazole rings is 1. The van der Waals surface area contributed by atoms with E-state index in [-0.39, 0.29) is 35.6 Å². The van der Waals surface area contributed by atoms with Gasteiger partial charge in [0.1, 0.15) is 0 Å². The first-order valence-corrected chi connectivity index (χ1v) is 12.4. The minimum absolute atomic E-state index is 0.0140. The van der Waals surface area contributed by atoms with Crippen LogP contribution in [0.1, 0.15) is 44.9 Å². The minimum atomic E-state index is -3.67. The Morgan fingerprint density at radius 3 is 2.68 bits per heavy atom. The fraction of sp³-hybridized carbons (Fsp3) is 0.545. The molecule has 1 aliphatic heterocycles. The number of benzene rings is 1. The molecule has 1 fully saturated rings. The molecule has 2 aromatic rings. The summed E-state index contributed by atoms with van der Waals surface area (Å²) in [6, 6.07) is 8.91. The van der Waals surface area contributed by atoms with Crippen molar-refractivity contribution in [2.24, 2.45) is 0 Å². The second-order valence-corrected chi connectivity index (χ2v) is 10.0. The number of hydrogen-bond acceptors (Lipinski definition) is 5. The first-order valence-electron chi connectivity index (χ1n) is 10.8. The van der Waals surface area contributed by atoms with Gasteiger partial charge in [-0.3, -0.25) is 0 Å². The Labute approximate surface area is 184 Å². The maximum atomic E-state index is 13.2. The fourth-order valence-electron chi connectivity index (χ4n) is 3.67. The van der Waals surface area contributed by atoms with Crippen molar-refractivity contribution in [2.75, 3.05) is 13.2 Å². The van der Waals surface area contributed by atoms with Gasteiger partial charge in [0.05, 0.1) is 36.8 Å². The quantitative estimate of drug-likeness (QED) is 0.637. The average Bonchev–Trinajstić information content (AvgIpc) is 3.36. The van der Waals surface area contributed by atoms with Gasteiger partial charge in [-0.25, -0.2) is 18.2 Å². The second-order valence-electron chi connectivity index (χ2n) is 8.14. The van der Waals surface area contributed by atoms with Crippen molar-refractivity contribution in [3.05, 3.63) is 47.8 Å². The van der Waals surface area contributed by atoms with Crippen LogP contribution >= 0.6 is 0 Å². The Morgan fingerprint density at radius 1 is 1.32 bits per heavy atom. The van der Waals surface area contributed by atoms with Crippen LogP contribution in [0, 0.1) is 0 Å². The van der Waals surface area contributed by atoms with Crippen LogP contribution in [0.2, 0.25) is 0 Å². The van der Waals surface area contributed by atoms with Crippen LogP contribution < -0.4 is 5.32 Å². The molecule has 2 amide bonds. The molecule has 1 N–H and O–H groups in total. The lowest BCUT2D eigenvalue weighted by atomic mass is 10.2. The predicted octanol–water partition coefficient (Wildman–Crippen LogP) is 2.98. The van der Waals surface area contributed by atoms with E-state index in [9.17, 15) is 13.2 Å². The van der Waals surface area contributed by atoms with E-state index in [0.717, 1.165) is 12.8 Å². The molecule has 9 heteroatoms. The molecule has 0 spiro atoms. The number of ether oxygens (including phenoxy) is 1. The van der Waals surface area contributed by atoms with Gasteiger partial charge in [0.15, 0.2) is 0 Å². The van der Waals surface area contributed by atoms with Crippen LogP contribution in [-0.4, -0.2) is 54.2 Å². The number of hydrogen-bond donors (Lipinski definition) is 1. The summed E-state index contributed by atoms with van der Waals surface area (Å²) >= 11 is 0. The van der Waals surface area contributed by atoms with Crippen LogP contribution in [0.4, 0.5) is 4.79 Å². The van der Waals surface area contributed by atoms with Crippen molar-refractivity contribution >= 4 is 15.9 Å². The fourth-order valence-corrected chi connectivity index (χ4v) is 5.17. The predicted molar refractivity (Wildman–Crippen MR) is 118 cm³/mol. The number of rotatable bonds is 9. The van der Waals surface area contributed by atoms with Crippen molar-refractivity contribution in [3.8, 4) is 0 Å². The number of urea groups is 1. The van der Waals surface area contributed by atoms with Gasteiger partial charge in [-0.05, 0) is 39.2 Å². The summed E-state index contributed by atoms with van der Waals surface area (Å²) in [5.74, 6) is -0.124. The summed E-state index contributed by atoms with van der Waals surface area (Å²) < 4.78 is 33.9. The van der Waals surface area contributed by atoms with Gasteiger partial charge in [-0.1, -0.05) is 30.3 Å². The smallest absolute Gasteiger partial charge is 0.317 e. The molecule has 0 bridgehead atoms. The zero-order valence-corrected chi connectivity index (χ0v) is 19.3. The van der Waals surface area contributed by atoms with Gasteiger partial charge in [-0.15, -0.1) is 0 Å². The largest absolute Gasteiger partial charge is 0.376 e. The summed E-state index contributed by atoms with van der Waals surface area (Å²) in [6.45, 7) is 7.56. The minimum Gasteiger partial charge on any atom is -0.376 e. The molecular formula is C22H32N4O4S. The summed E-state index contributed by atoms with van der Waals surface area (Å²) in [5, 5.41) is 2.92. The molecule has 170 valence electrons. The molecule has 0 unspecified atom stereocenters. The van der Waals surface area contributed by atoms with E-state index in [0.29, 0.717) is 31.0 Å². The summed E-state index contributed by atoms with van der Waals surface area (Å²) in [5.41, 5.74) is 1.39. The van der Waals surface area contributed by atoms with E-state index in [1.165, 1.54) is 0 Å². The van der Waals surface area contributed by atoms with E-state index >= 15 is 0 Å². The molecule has 8 nitrogen and oxygen atoms in total. The molecule has 1 saturated heterocycles. The monoisotopic (exact) mass is 448 g/mol. The Hall–Kier alpha value is -2.39. The maximum absolute atomic E-state index is 13.2. The van der Waals surface area contributed by atoms with E-state index in [1.54, 1.807) is 27.8 Å². The normalized spacial score (nSPS) is 16.6. The van der Waals surface area contributed by atoms with Crippen molar-refractivity contribution in [2.45, 2.75) is 69.8 Å². The Bertz CT molecular complexity index is 967. The van der Waals surface area contributed by atoms with Gasteiger partial charge in [0, 0.05) is 19.2 Å². The molecule has 0 radical (unpaired) electrons. The van der Waals surface area contributed by atoms with E-state index in [1.807, 2.05) is 39.0 Å². The average molecular weight is 449 g/mol. The lowest BCUT2D eigenvalue weighted by molar-refractivity contribution is 0.0935. The van der Waals surface area contributed by atoms with Crippen LogP contribution in [0.5, 0.6) is 0 Å². The van der Waals surface area contributed by atoms with Crippen molar-refractivity contribution in [1.29, 1.82) is 0 Å². The number of amides is 2. The zero-order chi connectivity index (χ0) is 22.4. The molecule has 1 aliphatic rings. The number of carbonyl (C=O) groups excluding carboxylic acids is 1. The maximum Gasteiger partial charge on any atom is 0.317 e. The Kier molecular flexibility index (Phi) is 7.72.